The van der Waals surface area contributed by atoms with Gasteiger partial charge in [0.1, 0.15) is 11.3 Å². The van der Waals surface area contributed by atoms with Crippen molar-refractivity contribution in [2.75, 3.05) is 14.2 Å². The van der Waals surface area contributed by atoms with Gasteiger partial charge in [-0.2, -0.15) is 5.10 Å². The number of non-ortho nitro benzene ring substituents is 1. The fourth-order valence-electron chi connectivity index (χ4n) is 4.23. The lowest BCUT2D eigenvalue weighted by Crippen LogP contribution is -2.15. The molecule has 10 heteroatoms. The van der Waals surface area contributed by atoms with Gasteiger partial charge in [0.05, 0.1) is 24.8 Å². The highest BCUT2D eigenvalue weighted by atomic mass is 32.2. The van der Waals surface area contributed by atoms with Crippen molar-refractivity contribution in [3.8, 4) is 16.9 Å². The number of hydrogen-bond acceptors (Lipinski definition) is 8. The van der Waals surface area contributed by atoms with Crippen LogP contribution in [0.1, 0.15) is 53.0 Å². The van der Waals surface area contributed by atoms with Gasteiger partial charge in [0.25, 0.3) is 5.69 Å². The minimum Gasteiger partial charge on any atom is -0.465 e. The second kappa shape index (κ2) is 10.7. The molecule has 2 aromatic carbocycles. The summed E-state index contributed by atoms with van der Waals surface area (Å²) in [6.45, 7) is 0. The molecular formula is C25H25N3O6S. The molecule has 1 aliphatic carbocycles. The molecule has 0 saturated heterocycles. The quantitative estimate of drug-likeness (QED) is 0.242. The predicted octanol–water partition coefficient (Wildman–Crippen LogP) is 5.45. The Balaban J connectivity index is 1.98. The highest BCUT2D eigenvalue weighted by molar-refractivity contribution is 8.00. The van der Waals surface area contributed by atoms with Crippen LogP contribution in [0.2, 0.25) is 0 Å². The molecule has 0 N–H and O–H groups in total. The summed E-state index contributed by atoms with van der Waals surface area (Å²) in [6, 6.07) is 13.4. The summed E-state index contributed by atoms with van der Waals surface area (Å²) in [4.78, 5) is 37.7. The molecule has 35 heavy (non-hydrogen) atoms. The molecule has 0 bridgehead atoms. The van der Waals surface area contributed by atoms with Gasteiger partial charge in [0.15, 0.2) is 5.69 Å². The molecule has 0 aliphatic heterocycles. The standard InChI is InChI=1S/C25H25N3O6S/c1-33-24(29)21-22(26-27(23(21)25(30)34-2)16-9-5-3-6-10-16)19-15-17(28(31)32)13-14-20(19)35-18-11-7-4-8-12-18/h3,5-6,9-10,13-15,18H,4,7-8,11-12H2,1-2H3. The first-order valence-electron chi connectivity index (χ1n) is 11.2. The number of nitrogens with zero attached hydrogens (tertiary/aromatic N) is 3. The summed E-state index contributed by atoms with van der Waals surface area (Å²) >= 11 is 1.62. The van der Waals surface area contributed by atoms with E-state index in [1.807, 2.05) is 6.07 Å². The Morgan fingerprint density at radius 2 is 1.71 bits per heavy atom. The zero-order valence-corrected chi connectivity index (χ0v) is 20.2. The van der Waals surface area contributed by atoms with Crippen LogP contribution >= 0.6 is 11.8 Å². The van der Waals surface area contributed by atoms with E-state index >= 15 is 0 Å². The number of benzene rings is 2. The van der Waals surface area contributed by atoms with Crippen LogP contribution in [0, 0.1) is 10.1 Å². The van der Waals surface area contributed by atoms with Crippen LogP contribution < -0.4 is 0 Å². The van der Waals surface area contributed by atoms with Crippen molar-refractivity contribution in [3.05, 3.63) is 69.9 Å². The van der Waals surface area contributed by atoms with E-state index in [1.165, 1.54) is 37.5 Å². The lowest BCUT2D eigenvalue weighted by Gasteiger charge is -2.22. The normalized spacial score (nSPS) is 13.9. The van der Waals surface area contributed by atoms with Crippen LogP contribution in [0.25, 0.3) is 16.9 Å². The molecule has 0 spiro atoms. The van der Waals surface area contributed by atoms with Crippen molar-refractivity contribution in [2.24, 2.45) is 0 Å². The number of hydrogen-bond donors (Lipinski definition) is 0. The van der Waals surface area contributed by atoms with Crippen LogP contribution in [0.15, 0.2) is 53.4 Å². The monoisotopic (exact) mass is 495 g/mol. The van der Waals surface area contributed by atoms with Crippen molar-refractivity contribution in [1.82, 2.24) is 9.78 Å². The minimum atomic E-state index is -0.789. The zero-order valence-electron chi connectivity index (χ0n) is 19.4. The van der Waals surface area contributed by atoms with Crippen molar-refractivity contribution in [1.29, 1.82) is 0 Å². The molecule has 0 atom stereocenters. The number of methoxy groups -OCH3 is 2. The van der Waals surface area contributed by atoms with Crippen molar-refractivity contribution in [2.45, 2.75) is 42.2 Å². The zero-order chi connectivity index (χ0) is 24.9. The topological polar surface area (TPSA) is 114 Å². The van der Waals surface area contributed by atoms with Crippen molar-refractivity contribution in [3.63, 3.8) is 0 Å². The summed E-state index contributed by atoms with van der Waals surface area (Å²) in [5, 5.41) is 16.6. The van der Waals surface area contributed by atoms with Crippen LogP contribution in [-0.2, 0) is 9.47 Å². The average Bonchev–Trinajstić information content (AvgIpc) is 3.29. The third-order valence-electron chi connectivity index (χ3n) is 5.93. The number of ether oxygens (including phenoxy) is 2. The molecule has 182 valence electrons. The highest BCUT2D eigenvalue weighted by Gasteiger charge is 2.33. The molecule has 0 amide bonds. The van der Waals surface area contributed by atoms with Gasteiger partial charge >= 0.3 is 11.9 Å². The molecule has 3 aromatic rings. The number of carbonyl (C=O) groups is 2. The van der Waals surface area contributed by atoms with E-state index in [4.69, 9.17) is 9.47 Å². The van der Waals surface area contributed by atoms with Crippen molar-refractivity contribution < 1.29 is 24.0 Å². The van der Waals surface area contributed by atoms with Gasteiger partial charge < -0.3 is 9.47 Å². The lowest BCUT2D eigenvalue weighted by atomic mass is 10.0. The van der Waals surface area contributed by atoms with E-state index in [1.54, 1.807) is 42.1 Å². The molecule has 1 aliphatic rings. The van der Waals surface area contributed by atoms with Gasteiger partial charge in [0, 0.05) is 27.8 Å². The summed E-state index contributed by atoms with van der Waals surface area (Å²) in [5.74, 6) is -1.57. The number of para-hydroxylation sites is 1. The Bertz CT molecular complexity index is 1250. The Morgan fingerprint density at radius 3 is 2.34 bits per heavy atom. The van der Waals surface area contributed by atoms with Crippen LogP contribution in [0.3, 0.4) is 0 Å². The number of thioether (sulfide) groups is 1. The fourth-order valence-corrected chi connectivity index (χ4v) is 5.58. The highest BCUT2D eigenvalue weighted by Crippen LogP contribution is 2.42. The van der Waals surface area contributed by atoms with E-state index in [0.29, 0.717) is 16.5 Å². The second-order valence-corrected chi connectivity index (χ2v) is 9.46. The number of esters is 2. The Morgan fingerprint density at radius 1 is 1.03 bits per heavy atom. The maximum Gasteiger partial charge on any atom is 0.357 e. The van der Waals surface area contributed by atoms with E-state index in [9.17, 15) is 19.7 Å². The first-order chi connectivity index (χ1) is 16.9. The number of nitro benzene ring substituents is 1. The first kappa shape index (κ1) is 24.5. The lowest BCUT2D eigenvalue weighted by molar-refractivity contribution is -0.384. The summed E-state index contributed by atoms with van der Waals surface area (Å²) < 4.78 is 11.3. The van der Waals surface area contributed by atoms with Gasteiger partial charge in [-0.3, -0.25) is 10.1 Å². The average molecular weight is 496 g/mol. The minimum absolute atomic E-state index is 0.103. The fraction of sp³-hybridized carbons (Fsp3) is 0.320. The molecular weight excluding hydrogens is 470 g/mol. The summed E-state index contributed by atoms with van der Waals surface area (Å²) in [6.07, 6.45) is 5.53. The number of nitro groups is 1. The van der Waals surface area contributed by atoms with E-state index in [-0.39, 0.29) is 22.6 Å². The SMILES string of the molecule is COC(=O)c1c(-c2cc([N+](=O)[O-])ccc2SC2CCCCC2)nn(-c2ccccc2)c1C(=O)OC. The first-order valence-corrected chi connectivity index (χ1v) is 12.1. The second-order valence-electron chi connectivity index (χ2n) is 8.12. The molecule has 0 unspecified atom stereocenters. The van der Waals surface area contributed by atoms with Gasteiger partial charge in [-0.15, -0.1) is 11.8 Å². The third kappa shape index (κ3) is 5.07. The molecule has 4 rings (SSSR count). The molecule has 1 heterocycles. The van der Waals surface area contributed by atoms with Gasteiger partial charge in [-0.1, -0.05) is 37.5 Å². The molecule has 1 aromatic heterocycles. The van der Waals surface area contributed by atoms with Crippen LogP contribution in [0.4, 0.5) is 5.69 Å². The van der Waals surface area contributed by atoms with Gasteiger partial charge in [-0.05, 0) is 31.0 Å². The Hall–Kier alpha value is -3.66. The van der Waals surface area contributed by atoms with E-state index in [2.05, 4.69) is 5.10 Å². The largest absolute Gasteiger partial charge is 0.465 e. The summed E-state index contributed by atoms with van der Waals surface area (Å²) in [7, 11) is 2.42. The summed E-state index contributed by atoms with van der Waals surface area (Å²) in [5.41, 5.74) is 0.696. The van der Waals surface area contributed by atoms with Gasteiger partial charge in [0.2, 0.25) is 0 Å². The predicted molar refractivity (Wildman–Crippen MR) is 131 cm³/mol. The number of carbonyl (C=O) groups excluding carboxylic acids is 2. The van der Waals surface area contributed by atoms with E-state index < -0.39 is 16.9 Å². The Kier molecular flexibility index (Phi) is 7.50. The number of rotatable bonds is 7. The van der Waals surface area contributed by atoms with E-state index in [0.717, 1.165) is 30.6 Å². The van der Waals surface area contributed by atoms with Crippen LogP contribution in [0.5, 0.6) is 0 Å². The number of aromatic nitrogens is 2. The van der Waals surface area contributed by atoms with Gasteiger partial charge in [-0.25, -0.2) is 14.3 Å². The molecule has 0 radical (unpaired) electrons. The maximum atomic E-state index is 13.0. The molecule has 9 nitrogen and oxygen atoms in total. The molecule has 1 saturated carbocycles. The van der Waals surface area contributed by atoms with Crippen LogP contribution in [-0.4, -0.2) is 46.1 Å². The van der Waals surface area contributed by atoms with Crippen molar-refractivity contribution >= 4 is 29.4 Å². The molecule has 1 fully saturated rings. The smallest absolute Gasteiger partial charge is 0.357 e. The maximum absolute atomic E-state index is 13.0. The third-order valence-corrected chi connectivity index (χ3v) is 7.34. The Labute approximate surface area is 206 Å².